The molecule has 0 saturated carbocycles. The van der Waals surface area contributed by atoms with Gasteiger partial charge < -0.3 is 0 Å². The van der Waals surface area contributed by atoms with Crippen LogP contribution in [0.1, 0.15) is 10.4 Å². The van der Waals surface area contributed by atoms with Crippen LogP contribution in [-0.4, -0.2) is 10.9 Å². The summed E-state index contributed by atoms with van der Waals surface area (Å²) in [6, 6.07) is 9.10. The van der Waals surface area contributed by atoms with E-state index in [0.29, 0.717) is 5.56 Å². The van der Waals surface area contributed by atoms with E-state index >= 15 is 0 Å². The van der Waals surface area contributed by atoms with Crippen LogP contribution in [0.2, 0.25) is 0 Å². The van der Waals surface area contributed by atoms with Gasteiger partial charge in [0.25, 0.3) is 5.91 Å². The van der Waals surface area contributed by atoms with Crippen LogP contribution in [0.5, 0.6) is 0 Å². The number of hydrazine groups is 1. The molecule has 1 aromatic rings. The van der Waals surface area contributed by atoms with Gasteiger partial charge in [-0.2, -0.15) is 9.19 Å². The minimum absolute atomic E-state index is 0.187. The predicted molar refractivity (Wildman–Crippen MR) is 70.4 cm³/mol. The fraction of sp³-hybridized carbons (Fsp3) is 0. The van der Waals surface area contributed by atoms with Crippen molar-refractivity contribution in [1.82, 2.24) is 9.84 Å². The molecule has 1 atom stereocenters. The molecule has 1 N–H and O–H groups in total. The molecule has 0 spiro atoms. The molecule has 4 nitrogen and oxygen atoms in total. The zero-order valence-electron chi connectivity index (χ0n) is 8.74. The lowest BCUT2D eigenvalue weighted by Crippen LogP contribution is -2.24. The highest BCUT2D eigenvalue weighted by Gasteiger charge is 2.20. The molecule has 1 amide bonds. The molecule has 0 aliphatic carbocycles. The zero-order chi connectivity index (χ0) is 11.7. The Hall–Kier alpha value is -1.37. The van der Waals surface area contributed by atoms with Gasteiger partial charge in [-0.25, -0.2) is 0 Å². The topological polar surface area (TPSA) is 44.7 Å². The van der Waals surface area contributed by atoms with Crippen molar-refractivity contribution < 1.29 is 4.79 Å². The molecule has 17 heavy (non-hydrogen) atoms. The van der Waals surface area contributed by atoms with Crippen LogP contribution >= 0.6 is 11.8 Å². The lowest BCUT2D eigenvalue weighted by atomic mass is 10.2. The quantitative estimate of drug-likeness (QED) is 0.845. The molecule has 1 unspecified atom stereocenters. The molecule has 86 valence electrons. The van der Waals surface area contributed by atoms with Crippen molar-refractivity contribution in [3.8, 4) is 0 Å². The largest absolute Gasteiger partial charge is 0.284 e. The Bertz CT molecular complexity index is 551. The van der Waals surface area contributed by atoms with E-state index in [2.05, 4.69) is 9.19 Å². The minimum atomic E-state index is -0.549. The van der Waals surface area contributed by atoms with E-state index in [9.17, 15) is 4.79 Å². The molecular formula is C11H9N3OS2. The van der Waals surface area contributed by atoms with Crippen LogP contribution in [-0.2, 0) is 10.9 Å². The van der Waals surface area contributed by atoms with Crippen molar-refractivity contribution in [3.63, 3.8) is 0 Å². The molecule has 0 fully saturated rings. The van der Waals surface area contributed by atoms with Gasteiger partial charge in [-0.3, -0.25) is 9.80 Å². The number of rotatable bonds is 1. The molecule has 0 radical (unpaired) electrons. The first kappa shape index (κ1) is 10.8. The second kappa shape index (κ2) is 4.48. The third-order valence-corrected chi connectivity index (χ3v) is 4.40. The number of fused-ring (bicyclic) bond motifs is 1. The van der Waals surface area contributed by atoms with Crippen molar-refractivity contribution in [2.75, 3.05) is 0 Å². The first-order chi connectivity index (χ1) is 8.33. The predicted octanol–water partition coefficient (Wildman–Crippen LogP) is 2.38. The normalized spacial score (nSPS) is 21.8. The van der Waals surface area contributed by atoms with Gasteiger partial charge in [0.2, 0.25) is 0 Å². The van der Waals surface area contributed by atoms with Crippen molar-refractivity contribution in [2.45, 2.75) is 0 Å². The highest BCUT2D eigenvalue weighted by atomic mass is 32.2. The van der Waals surface area contributed by atoms with Gasteiger partial charge in [0.15, 0.2) is 0 Å². The third kappa shape index (κ3) is 2.19. The monoisotopic (exact) mass is 263 g/mol. The first-order valence-corrected chi connectivity index (χ1v) is 7.10. The summed E-state index contributed by atoms with van der Waals surface area (Å²) < 4.78 is 4.14. The second-order valence-corrected chi connectivity index (χ2v) is 5.55. The van der Waals surface area contributed by atoms with E-state index < -0.39 is 10.9 Å². The molecule has 0 aromatic heterocycles. The molecule has 6 heteroatoms. The molecule has 0 bridgehead atoms. The van der Waals surface area contributed by atoms with Crippen molar-refractivity contribution in [3.05, 3.63) is 57.9 Å². The van der Waals surface area contributed by atoms with E-state index in [4.69, 9.17) is 0 Å². The highest BCUT2D eigenvalue weighted by Crippen LogP contribution is 2.31. The highest BCUT2D eigenvalue weighted by molar-refractivity contribution is 8.06. The van der Waals surface area contributed by atoms with Gasteiger partial charge in [-0.15, -0.1) is 0 Å². The SMILES string of the molecule is O=C(N=S1C=C2SC=CN2N1)c1ccccc1. The van der Waals surface area contributed by atoms with Crippen LogP contribution in [0, 0.1) is 0 Å². The fourth-order valence-corrected chi connectivity index (χ4v) is 3.63. The van der Waals surface area contributed by atoms with E-state index in [-0.39, 0.29) is 5.91 Å². The minimum Gasteiger partial charge on any atom is -0.266 e. The number of benzene rings is 1. The smallest absolute Gasteiger partial charge is 0.266 e. The Kier molecular flexibility index (Phi) is 2.84. The van der Waals surface area contributed by atoms with Crippen molar-refractivity contribution in [1.29, 1.82) is 0 Å². The number of thioether (sulfide) groups is 1. The van der Waals surface area contributed by atoms with E-state index in [0.717, 1.165) is 5.03 Å². The number of nitrogens with zero attached hydrogens (tertiary/aromatic N) is 2. The summed E-state index contributed by atoms with van der Waals surface area (Å²) in [4.78, 5) is 15.0. The Morgan fingerprint density at radius 3 is 2.94 bits per heavy atom. The van der Waals surface area contributed by atoms with Crippen LogP contribution in [0.4, 0.5) is 0 Å². The third-order valence-electron chi connectivity index (χ3n) is 2.24. The lowest BCUT2D eigenvalue weighted by molar-refractivity contribution is 0.100. The molecule has 2 heterocycles. The van der Waals surface area contributed by atoms with Gasteiger partial charge in [0.05, 0.1) is 0 Å². The van der Waals surface area contributed by atoms with Crippen molar-refractivity contribution >= 4 is 28.5 Å². The maximum absolute atomic E-state index is 11.8. The number of carbonyl (C=O) groups is 1. The van der Waals surface area contributed by atoms with Crippen molar-refractivity contribution in [2.24, 2.45) is 4.36 Å². The van der Waals surface area contributed by atoms with Crippen LogP contribution in [0.15, 0.2) is 56.7 Å². The number of hydrogen-bond acceptors (Lipinski definition) is 3. The van der Waals surface area contributed by atoms with Crippen LogP contribution < -0.4 is 4.83 Å². The average Bonchev–Trinajstić information content (AvgIpc) is 2.90. The lowest BCUT2D eigenvalue weighted by Gasteiger charge is -2.08. The van der Waals surface area contributed by atoms with E-state index in [1.165, 1.54) is 0 Å². The van der Waals surface area contributed by atoms with Gasteiger partial charge in [-0.05, 0) is 17.5 Å². The maximum Gasteiger partial charge on any atom is 0.284 e. The van der Waals surface area contributed by atoms with Gasteiger partial charge in [-0.1, -0.05) is 30.0 Å². The Labute approximate surface area is 106 Å². The van der Waals surface area contributed by atoms with Crippen LogP contribution in [0.3, 0.4) is 0 Å². The summed E-state index contributed by atoms with van der Waals surface area (Å²) in [7, 11) is -0.549. The summed E-state index contributed by atoms with van der Waals surface area (Å²) >= 11 is 1.62. The second-order valence-electron chi connectivity index (χ2n) is 3.40. The summed E-state index contributed by atoms with van der Waals surface area (Å²) in [6.45, 7) is 0. The number of amides is 1. The molecule has 2 aliphatic heterocycles. The van der Waals surface area contributed by atoms with E-state index in [1.807, 2.05) is 40.2 Å². The van der Waals surface area contributed by atoms with Gasteiger partial charge in [0.1, 0.15) is 5.03 Å². The summed E-state index contributed by atoms with van der Waals surface area (Å²) in [5.74, 6) is -0.187. The van der Waals surface area contributed by atoms with E-state index in [1.54, 1.807) is 23.9 Å². The van der Waals surface area contributed by atoms with Gasteiger partial charge in [0, 0.05) is 28.0 Å². The molecule has 3 rings (SSSR count). The Balaban J connectivity index is 1.80. The summed E-state index contributed by atoms with van der Waals surface area (Å²) in [5.41, 5.74) is 0.621. The molecule has 1 aromatic carbocycles. The fourth-order valence-electron chi connectivity index (χ4n) is 1.44. The molecule has 0 saturated heterocycles. The molecule has 2 aliphatic rings. The first-order valence-electron chi connectivity index (χ1n) is 4.98. The number of carbonyl (C=O) groups excluding carboxylic acids is 1. The summed E-state index contributed by atoms with van der Waals surface area (Å²) in [6.07, 6.45) is 1.92. The standard InChI is InChI=1S/C11H9N3OS2/c15-11(9-4-2-1-3-5-9)12-17-8-10-14(13-17)6-7-16-10/h1-8H,(H,12,13,15). The van der Waals surface area contributed by atoms with Gasteiger partial charge >= 0.3 is 0 Å². The van der Waals surface area contributed by atoms with Crippen LogP contribution in [0.25, 0.3) is 0 Å². The zero-order valence-corrected chi connectivity index (χ0v) is 10.4. The number of hydrogen-bond donors (Lipinski definition) is 1. The average molecular weight is 263 g/mol. The number of nitrogens with one attached hydrogen (secondary N) is 1. The summed E-state index contributed by atoms with van der Waals surface area (Å²) in [5, 5.41) is 6.91. The maximum atomic E-state index is 11.8. The Morgan fingerprint density at radius 1 is 1.35 bits per heavy atom. The Morgan fingerprint density at radius 2 is 2.18 bits per heavy atom. The molecular weight excluding hydrogens is 254 g/mol.